The van der Waals surface area contributed by atoms with Crippen LogP contribution in [-0.4, -0.2) is 45.7 Å². The van der Waals surface area contributed by atoms with Crippen molar-refractivity contribution < 1.29 is 4.39 Å². The van der Waals surface area contributed by atoms with Crippen molar-refractivity contribution in [1.29, 1.82) is 0 Å². The molecule has 6 rings (SSSR count). The number of pyridine rings is 2. The number of hydrogen-bond acceptors (Lipinski definition) is 8. The summed E-state index contributed by atoms with van der Waals surface area (Å²) in [6.45, 7) is 10.3. The van der Waals surface area contributed by atoms with E-state index in [-0.39, 0.29) is 23.1 Å². The van der Waals surface area contributed by atoms with Crippen LogP contribution in [0.25, 0.3) is 20.7 Å². The SMILES string of the molecule is Cc1c(-c2nc(Nc3ccc(N4CC5(CCNC5)C4)cn3)ncc2F)sc2c(C(C)C)cn(C)c(=O)c12. The lowest BCUT2D eigenvalue weighted by molar-refractivity contribution is 0.243. The second-order valence-corrected chi connectivity index (χ2v) is 11.6. The highest BCUT2D eigenvalue weighted by Gasteiger charge is 2.44. The lowest BCUT2D eigenvalue weighted by Crippen LogP contribution is -2.57. The van der Waals surface area contributed by atoms with Crippen molar-refractivity contribution in [2.45, 2.75) is 33.1 Å². The smallest absolute Gasteiger partial charge is 0.259 e. The Balaban J connectivity index is 1.28. The van der Waals surface area contributed by atoms with Crippen LogP contribution in [0.5, 0.6) is 0 Å². The van der Waals surface area contributed by atoms with E-state index >= 15 is 0 Å². The molecule has 6 heterocycles. The fraction of sp³-hybridized carbons (Fsp3) is 0.407. The van der Waals surface area contributed by atoms with Gasteiger partial charge in [-0.15, -0.1) is 11.3 Å². The van der Waals surface area contributed by atoms with Gasteiger partial charge in [-0.1, -0.05) is 13.8 Å². The predicted octanol–water partition coefficient (Wildman–Crippen LogP) is 4.57. The van der Waals surface area contributed by atoms with Crippen molar-refractivity contribution in [3.05, 3.63) is 58.0 Å². The number of anilines is 3. The Hall–Kier alpha value is -3.37. The van der Waals surface area contributed by atoms with E-state index in [0.717, 1.165) is 47.7 Å². The molecule has 2 aliphatic rings. The zero-order valence-corrected chi connectivity index (χ0v) is 22.2. The monoisotopic (exact) mass is 519 g/mol. The molecule has 0 amide bonds. The Morgan fingerprint density at radius 1 is 1.22 bits per heavy atom. The molecule has 37 heavy (non-hydrogen) atoms. The molecule has 1 spiro atoms. The van der Waals surface area contributed by atoms with E-state index < -0.39 is 5.82 Å². The van der Waals surface area contributed by atoms with E-state index in [1.165, 1.54) is 24.0 Å². The number of nitrogens with zero attached hydrogens (tertiary/aromatic N) is 5. The highest BCUT2D eigenvalue weighted by Crippen LogP contribution is 2.41. The number of halogens is 1. The second-order valence-electron chi connectivity index (χ2n) is 10.6. The van der Waals surface area contributed by atoms with Gasteiger partial charge >= 0.3 is 0 Å². The van der Waals surface area contributed by atoms with Gasteiger partial charge in [-0.3, -0.25) is 4.79 Å². The average molecular weight is 520 g/mol. The van der Waals surface area contributed by atoms with Crippen molar-refractivity contribution in [1.82, 2.24) is 24.8 Å². The minimum Gasteiger partial charge on any atom is -0.369 e. The van der Waals surface area contributed by atoms with Gasteiger partial charge < -0.3 is 20.1 Å². The third kappa shape index (κ3) is 4.08. The standard InChI is InChI=1S/C27H30FN7OS/c1-15(2)18-11-34(4)25(36)21-16(3)23(37-24(18)21)22-19(28)10-31-26(33-22)32-20-6-5-17(9-30-20)35-13-27(14-35)7-8-29-12-27/h5-6,9-11,15,29H,7-8,12-14H2,1-4H3,(H,30,31,32,33). The van der Waals surface area contributed by atoms with Crippen molar-refractivity contribution in [3.8, 4) is 10.6 Å². The van der Waals surface area contributed by atoms with Crippen LogP contribution in [0.3, 0.4) is 0 Å². The van der Waals surface area contributed by atoms with Gasteiger partial charge in [-0.25, -0.2) is 19.3 Å². The minimum atomic E-state index is -0.528. The maximum absolute atomic E-state index is 15.0. The van der Waals surface area contributed by atoms with Crippen LogP contribution in [0.15, 0.2) is 35.5 Å². The summed E-state index contributed by atoms with van der Waals surface area (Å²) in [6, 6.07) is 3.93. The van der Waals surface area contributed by atoms with Gasteiger partial charge in [0.05, 0.1) is 28.3 Å². The number of nitrogens with one attached hydrogen (secondary N) is 2. The molecule has 0 bridgehead atoms. The molecule has 192 valence electrons. The van der Waals surface area contributed by atoms with Crippen LogP contribution in [0.1, 0.15) is 37.3 Å². The lowest BCUT2D eigenvalue weighted by Gasteiger charge is -2.49. The molecule has 2 fully saturated rings. The van der Waals surface area contributed by atoms with Crippen LogP contribution in [0.4, 0.5) is 21.8 Å². The van der Waals surface area contributed by atoms with E-state index in [0.29, 0.717) is 21.5 Å². The molecule has 10 heteroatoms. The predicted molar refractivity (Wildman–Crippen MR) is 147 cm³/mol. The molecule has 0 saturated carbocycles. The van der Waals surface area contributed by atoms with E-state index in [1.807, 2.05) is 31.5 Å². The minimum absolute atomic E-state index is 0.0891. The Morgan fingerprint density at radius 2 is 2.03 bits per heavy atom. The van der Waals surface area contributed by atoms with Gasteiger partial charge in [0.1, 0.15) is 11.5 Å². The lowest BCUT2D eigenvalue weighted by atomic mass is 9.79. The zero-order valence-electron chi connectivity index (χ0n) is 21.4. The number of thiophene rings is 1. The third-order valence-electron chi connectivity index (χ3n) is 7.59. The molecule has 4 aromatic rings. The van der Waals surface area contributed by atoms with Gasteiger partial charge in [-0.05, 0) is 49.1 Å². The molecule has 2 N–H and O–H groups in total. The van der Waals surface area contributed by atoms with Crippen LogP contribution in [0.2, 0.25) is 0 Å². The summed E-state index contributed by atoms with van der Waals surface area (Å²) >= 11 is 1.41. The van der Waals surface area contributed by atoms with Crippen molar-refractivity contribution in [2.24, 2.45) is 12.5 Å². The number of hydrogen-bond donors (Lipinski definition) is 2. The highest BCUT2D eigenvalue weighted by atomic mass is 32.1. The highest BCUT2D eigenvalue weighted by molar-refractivity contribution is 7.22. The molecule has 8 nitrogen and oxygen atoms in total. The van der Waals surface area contributed by atoms with Crippen molar-refractivity contribution in [2.75, 3.05) is 36.4 Å². The van der Waals surface area contributed by atoms with Crippen LogP contribution in [0, 0.1) is 18.2 Å². The maximum Gasteiger partial charge on any atom is 0.259 e. The first kappa shape index (κ1) is 24.0. The number of rotatable bonds is 5. The summed E-state index contributed by atoms with van der Waals surface area (Å²) < 4.78 is 17.5. The van der Waals surface area contributed by atoms with Crippen molar-refractivity contribution >= 4 is 38.9 Å². The van der Waals surface area contributed by atoms with E-state index in [1.54, 1.807) is 11.6 Å². The number of fused-ring (bicyclic) bond motifs is 1. The Labute approximate surface area is 218 Å². The summed E-state index contributed by atoms with van der Waals surface area (Å²) in [5, 5.41) is 7.19. The summed E-state index contributed by atoms with van der Waals surface area (Å²) in [5.74, 6) is 0.534. The van der Waals surface area contributed by atoms with Gasteiger partial charge in [0.25, 0.3) is 5.56 Å². The fourth-order valence-electron chi connectivity index (χ4n) is 5.47. The molecule has 0 aliphatic carbocycles. The molecule has 0 unspecified atom stereocenters. The average Bonchev–Trinajstić information content (AvgIpc) is 3.48. The van der Waals surface area contributed by atoms with Crippen LogP contribution >= 0.6 is 11.3 Å². The summed E-state index contributed by atoms with van der Waals surface area (Å²) in [6.07, 6.45) is 6.12. The Morgan fingerprint density at radius 3 is 2.70 bits per heavy atom. The third-order valence-corrected chi connectivity index (χ3v) is 8.94. The molecule has 0 aromatic carbocycles. The first-order valence-corrected chi connectivity index (χ1v) is 13.4. The second kappa shape index (κ2) is 8.88. The molecule has 4 aromatic heterocycles. The van der Waals surface area contributed by atoms with Crippen LogP contribution < -0.4 is 21.1 Å². The Bertz CT molecular complexity index is 1550. The topological polar surface area (TPSA) is 88.0 Å². The zero-order chi connectivity index (χ0) is 25.9. The molecular weight excluding hydrogens is 489 g/mol. The number of aryl methyl sites for hydroxylation is 2. The quantitative estimate of drug-likeness (QED) is 0.400. The van der Waals surface area contributed by atoms with Gasteiger partial charge in [-0.2, -0.15) is 0 Å². The molecule has 2 saturated heterocycles. The summed E-state index contributed by atoms with van der Waals surface area (Å²) in [4.78, 5) is 29.1. The molecular formula is C27H30FN7OS. The van der Waals surface area contributed by atoms with E-state index in [4.69, 9.17) is 0 Å². The van der Waals surface area contributed by atoms with E-state index in [9.17, 15) is 9.18 Å². The largest absolute Gasteiger partial charge is 0.369 e. The van der Waals surface area contributed by atoms with Gasteiger partial charge in [0, 0.05) is 43.0 Å². The molecule has 2 aliphatic heterocycles. The van der Waals surface area contributed by atoms with Gasteiger partial charge in [0.2, 0.25) is 5.95 Å². The Kier molecular flexibility index (Phi) is 5.76. The molecule has 0 radical (unpaired) electrons. The first-order chi connectivity index (χ1) is 17.7. The van der Waals surface area contributed by atoms with Gasteiger partial charge in [0.15, 0.2) is 5.82 Å². The van der Waals surface area contributed by atoms with Crippen molar-refractivity contribution in [3.63, 3.8) is 0 Å². The number of aromatic nitrogens is 4. The normalized spacial score (nSPS) is 16.6. The van der Waals surface area contributed by atoms with Crippen LogP contribution in [-0.2, 0) is 7.05 Å². The van der Waals surface area contributed by atoms with E-state index in [2.05, 4.69) is 44.3 Å². The summed E-state index contributed by atoms with van der Waals surface area (Å²) in [5.41, 5.74) is 3.40. The fourth-order valence-corrected chi connectivity index (χ4v) is 6.92. The summed E-state index contributed by atoms with van der Waals surface area (Å²) in [7, 11) is 1.75. The molecule has 0 atom stereocenters. The first-order valence-electron chi connectivity index (χ1n) is 12.6. The maximum atomic E-state index is 15.0.